The van der Waals surface area contributed by atoms with Crippen molar-refractivity contribution >= 4 is 32.6 Å². The molecule has 3 nitrogen and oxygen atoms in total. The van der Waals surface area contributed by atoms with Crippen LogP contribution < -0.4 is 5.32 Å². The molecule has 0 saturated carbocycles. The summed E-state index contributed by atoms with van der Waals surface area (Å²) in [5, 5.41) is 4.01. The summed E-state index contributed by atoms with van der Waals surface area (Å²) in [6, 6.07) is 4.76. The first kappa shape index (κ1) is 13.4. The minimum atomic E-state index is -0.285. The molecular formula is C12H13BrFN3S. The molecule has 0 spiro atoms. The van der Waals surface area contributed by atoms with Crippen molar-refractivity contribution in [3.63, 3.8) is 0 Å². The third kappa shape index (κ3) is 3.26. The average molecular weight is 330 g/mol. The summed E-state index contributed by atoms with van der Waals surface area (Å²) in [4.78, 5) is 4.38. The fourth-order valence-corrected chi connectivity index (χ4v) is 2.31. The lowest BCUT2D eigenvalue weighted by molar-refractivity contribution is 0.621. The molecule has 18 heavy (non-hydrogen) atoms. The van der Waals surface area contributed by atoms with E-state index in [1.54, 1.807) is 12.1 Å². The highest BCUT2D eigenvalue weighted by Gasteiger charge is 2.08. The summed E-state index contributed by atoms with van der Waals surface area (Å²) in [6.45, 7) is 5.12. The molecule has 0 atom stereocenters. The lowest BCUT2D eigenvalue weighted by atomic mass is 10.2. The van der Waals surface area contributed by atoms with E-state index in [1.807, 2.05) is 0 Å². The predicted octanol–water partition coefficient (Wildman–Crippen LogP) is 4.17. The Labute approximate surface area is 118 Å². The van der Waals surface area contributed by atoms with E-state index in [0.717, 1.165) is 17.2 Å². The Balaban J connectivity index is 2.16. The van der Waals surface area contributed by atoms with Crippen molar-refractivity contribution in [2.45, 2.75) is 13.8 Å². The van der Waals surface area contributed by atoms with Gasteiger partial charge in [-0.1, -0.05) is 13.8 Å². The number of hydrogen-bond donors (Lipinski definition) is 1. The lowest BCUT2D eigenvalue weighted by Gasteiger charge is -2.03. The van der Waals surface area contributed by atoms with E-state index in [9.17, 15) is 4.39 Å². The van der Waals surface area contributed by atoms with Crippen LogP contribution >= 0.6 is 27.5 Å². The van der Waals surface area contributed by atoms with Crippen LogP contribution in [0.3, 0.4) is 0 Å². The molecule has 0 bridgehead atoms. The van der Waals surface area contributed by atoms with E-state index >= 15 is 0 Å². The van der Waals surface area contributed by atoms with Crippen LogP contribution in [0.5, 0.6) is 0 Å². The Morgan fingerprint density at radius 1 is 1.44 bits per heavy atom. The van der Waals surface area contributed by atoms with Gasteiger partial charge in [-0.25, -0.2) is 4.39 Å². The maximum absolute atomic E-state index is 13.1. The van der Waals surface area contributed by atoms with E-state index in [2.05, 4.69) is 44.5 Å². The van der Waals surface area contributed by atoms with Crippen molar-refractivity contribution in [1.29, 1.82) is 0 Å². The van der Waals surface area contributed by atoms with Crippen molar-refractivity contribution in [1.82, 2.24) is 9.36 Å². The Bertz CT molecular complexity index is 542. The second kappa shape index (κ2) is 5.75. The van der Waals surface area contributed by atoms with E-state index in [-0.39, 0.29) is 5.82 Å². The third-order valence-electron chi connectivity index (χ3n) is 2.27. The zero-order valence-corrected chi connectivity index (χ0v) is 12.5. The molecule has 1 N–H and O–H groups in total. The number of anilines is 1. The van der Waals surface area contributed by atoms with Gasteiger partial charge in [-0.05, 0) is 40.0 Å². The predicted molar refractivity (Wildman–Crippen MR) is 76.3 cm³/mol. The molecule has 0 amide bonds. The monoisotopic (exact) mass is 329 g/mol. The van der Waals surface area contributed by atoms with Gasteiger partial charge in [0.2, 0.25) is 5.13 Å². The quantitative estimate of drug-likeness (QED) is 0.914. The molecule has 0 aliphatic rings. The number of nitrogens with zero attached hydrogens (tertiary/aromatic N) is 2. The van der Waals surface area contributed by atoms with Gasteiger partial charge in [0.1, 0.15) is 5.82 Å². The number of nitrogens with one attached hydrogen (secondary N) is 1. The first-order valence-corrected chi connectivity index (χ1v) is 7.16. The molecule has 0 saturated heterocycles. The molecule has 1 aromatic carbocycles. The topological polar surface area (TPSA) is 37.8 Å². The molecule has 0 aliphatic heterocycles. The van der Waals surface area contributed by atoms with Crippen molar-refractivity contribution < 1.29 is 4.39 Å². The summed E-state index contributed by atoms with van der Waals surface area (Å²) in [5.41, 5.74) is 0.803. The van der Waals surface area contributed by atoms with Crippen molar-refractivity contribution in [2.24, 2.45) is 5.92 Å². The van der Waals surface area contributed by atoms with E-state index < -0.39 is 0 Å². The Hall–Kier alpha value is -1.01. The summed E-state index contributed by atoms with van der Waals surface area (Å²) >= 11 is 4.47. The zero-order valence-electron chi connectivity index (χ0n) is 10.1. The van der Waals surface area contributed by atoms with Gasteiger partial charge in [0.25, 0.3) is 0 Å². The first-order chi connectivity index (χ1) is 8.56. The standard InChI is InChI=1S/C12H13BrFN3S/c1-7(2)6-15-12-16-11(17-18-12)8-3-4-10(14)9(13)5-8/h3-5,7H,6H2,1-2H3,(H,15,16,17). The molecule has 0 radical (unpaired) electrons. The fraction of sp³-hybridized carbons (Fsp3) is 0.333. The van der Waals surface area contributed by atoms with Crippen molar-refractivity contribution in [2.75, 3.05) is 11.9 Å². The lowest BCUT2D eigenvalue weighted by Crippen LogP contribution is -2.07. The third-order valence-corrected chi connectivity index (χ3v) is 3.55. The highest BCUT2D eigenvalue weighted by molar-refractivity contribution is 9.10. The first-order valence-electron chi connectivity index (χ1n) is 5.59. The van der Waals surface area contributed by atoms with Crippen LogP contribution in [-0.4, -0.2) is 15.9 Å². The van der Waals surface area contributed by atoms with Crippen LogP contribution in [0.4, 0.5) is 9.52 Å². The molecule has 1 aromatic heterocycles. The summed E-state index contributed by atoms with van der Waals surface area (Å²) in [5.74, 6) is 0.886. The molecule has 0 unspecified atom stereocenters. The largest absolute Gasteiger partial charge is 0.360 e. The molecule has 96 valence electrons. The van der Waals surface area contributed by atoms with Crippen molar-refractivity contribution in [3.8, 4) is 11.4 Å². The summed E-state index contributed by atoms with van der Waals surface area (Å²) in [7, 11) is 0. The van der Waals surface area contributed by atoms with E-state index in [4.69, 9.17) is 0 Å². The number of hydrogen-bond acceptors (Lipinski definition) is 4. The van der Waals surface area contributed by atoms with Gasteiger partial charge in [-0.2, -0.15) is 9.36 Å². The van der Waals surface area contributed by atoms with Crippen LogP contribution in [0.1, 0.15) is 13.8 Å². The second-order valence-corrected chi connectivity index (χ2v) is 5.93. The van der Waals surface area contributed by atoms with E-state index in [0.29, 0.717) is 16.2 Å². The van der Waals surface area contributed by atoms with Crippen LogP contribution in [0, 0.1) is 11.7 Å². The maximum Gasteiger partial charge on any atom is 0.202 e. The normalized spacial score (nSPS) is 10.9. The number of aromatic nitrogens is 2. The van der Waals surface area contributed by atoms with Gasteiger partial charge < -0.3 is 5.32 Å². The van der Waals surface area contributed by atoms with Crippen LogP contribution in [0.15, 0.2) is 22.7 Å². The second-order valence-electron chi connectivity index (χ2n) is 4.33. The van der Waals surface area contributed by atoms with Gasteiger partial charge in [-0.15, -0.1) is 0 Å². The molecule has 0 aliphatic carbocycles. The molecule has 6 heteroatoms. The minimum absolute atomic E-state index is 0.285. The van der Waals surface area contributed by atoms with Gasteiger partial charge in [-0.3, -0.25) is 0 Å². The molecule has 2 rings (SSSR count). The van der Waals surface area contributed by atoms with Gasteiger partial charge in [0.05, 0.1) is 4.47 Å². The van der Waals surface area contributed by atoms with Crippen LogP contribution in [0.2, 0.25) is 0 Å². The van der Waals surface area contributed by atoms with Gasteiger partial charge >= 0.3 is 0 Å². The van der Waals surface area contributed by atoms with E-state index in [1.165, 1.54) is 17.6 Å². The highest BCUT2D eigenvalue weighted by Crippen LogP contribution is 2.25. The molecule has 1 heterocycles. The van der Waals surface area contributed by atoms with Crippen LogP contribution in [-0.2, 0) is 0 Å². The number of rotatable bonds is 4. The Kier molecular flexibility index (Phi) is 4.29. The average Bonchev–Trinajstić information content (AvgIpc) is 2.79. The Morgan fingerprint density at radius 2 is 2.22 bits per heavy atom. The zero-order chi connectivity index (χ0) is 13.1. The minimum Gasteiger partial charge on any atom is -0.360 e. The van der Waals surface area contributed by atoms with Crippen LogP contribution in [0.25, 0.3) is 11.4 Å². The van der Waals surface area contributed by atoms with Gasteiger partial charge in [0, 0.05) is 23.6 Å². The molecular weight excluding hydrogens is 317 g/mol. The maximum atomic E-state index is 13.1. The fourth-order valence-electron chi connectivity index (χ4n) is 1.34. The highest BCUT2D eigenvalue weighted by atomic mass is 79.9. The molecule has 2 aromatic rings. The van der Waals surface area contributed by atoms with Crippen molar-refractivity contribution in [3.05, 3.63) is 28.5 Å². The van der Waals surface area contributed by atoms with Gasteiger partial charge in [0.15, 0.2) is 5.82 Å². The summed E-state index contributed by atoms with van der Waals surface area (Å²) in [6.07, 6.45) is 0. The number of halogens is 2. The summed E-state index contributed by atoms with van der Waals surface area (Å²) < 4.78 is 17.8. The SMILES string of the molecule is CC(C)CNc1nc(-c2ccc(F)c(Br)c2)ns1. The number of benzene rings is 1. The smallest absolute Gasteiger partial charge is 0.202 e. The Morgan fingerprint density at radius 3 is 2.89 bits per heavy atom. The molecule has 0 fully saturated rings.